The maximum absolute atomic E-state index is 10.9. The summed E-state index contributed by atoms with van der Waals surface area (Å²) in [4.78, 5) is 10.9. The fraction of sp³-hybridized carbons (Fsp3) is 0.667. The Kier molecular flexibility index (Phi) is 2.14. The number of carboxylic acids is 1. The van der Waals surface area contributed by atoms with Crippen LogP contribution in [0.15, 0.2) is 16.5 Å². The Hall–Kier alpha value is -1.25. The average Bonchev–Trinajstić information content (AvgIpc) is 2.77. The van der Waals surface area contributed by atoms with Gasteiger partial charge in [0.25, 0.3) is 0 Å². The van der Waals surface area contributed by atoms with Crippen LogP contribution in [-0.2, 0) is 0 Å². The van der Waals surface area contributed by atoms with Gasteiger partial charge < -0.3 is 9.52 Å². The Bertz CT molecular complexity index is 460. The summed E-state index contributed by atoms with van der Waals surface area (Å²) < 4.78 is 5.57. The third-order valence-corrected chi connectivity index (χ3v) is 5.39. The second-order valence-corrected chi connectivity index (χ2v) is 6.46. The first kappa shape index (κ1) is 10.7. The highest BCUT2D eigenvalue weighted by Crippen LogP contribution is 2.59. The number of rotatable bonds is 2. The van der Waals surface area contributed by atoms with Crippen molar-refractivity contribution < 1.29 is 14.3 Å². The molecule has 0 atom stereocenters. The minimum Gasteiger partial charge on any atom is -0.475 e. The summed E-state index contributed by atoms with van der Waals surface area (Å²) in [5.74, 6) is 3.94. The molecule has 1 aromatic heterocycles. The third-order valence-electron chi connectivity index (χ3n) is 5.39. The first-order chi connectivity index (χ1) is 8.70. The van der Waals surface area contributed by atoms with Gasteiger partial charge in [-0.2, -0.15) is 0 Å². The SMILES string of the molecule is O=C(O)c1ccc(C2C3CC4CC(C3)CC2C4)o1. The van der Waals surface area contributed by atoms with E-state index in [-0.39, 0.29) is 5.76 Å². The summed E-state index contributed by atoms with van der Waals surface area (Å²) in [7, 11) is 0. The van der Waals surface area contributed by atoms with Gasteiger partial charge in [-0.05, 0) is 67.9 Å². The Labute approximate surface area is 106 Å². The fourth-order valence-corrected chi connectivity index (χ4v) is 5.04. The van der Waals surface area contributed by atoms with Crippen LogP contribution in [0.1, 0.15) is 54.3 Å². The zero-order chi connectivity index (χ0) is 12.3. The van der Waals surface area contributed by atoms with E-state index in [2.05, 4.69) is 0 Å². The van der Waals surface area contributed by atoms with Crippen LogP contribution in [0.5, 0.6) is 0 Å². The maximum Gasteiger partial charge on any atom is 0.371 e. The van der Waals surface area contributed by atoms with E-state index in [4.69, 9.17) is 9.52 Å². The van der Waals surface area contributed by atoms with E-state index in [0.717, 1.165) is 29.4 Å². The third kappa shape index (κ3) is 1.46. The summed E-state index contributed by atoms with van der Waals surface area (Å²) >= 11 is 0. The molecule has 0 radical (unpaired) electrons. The number of hydrogen-bond donors (Lipinski definition) is 1. The van der Waals surface area contributed by atoms with Crippen LogP contribution in [0.2, 0.25) is 0 Å². The molecular formula is C15H18O3. The predicted octanol–water partition coefficient (Wildman–Crippen LogP) is 3.52. The fourth-order valence-electron chi connectivity index (χ4n) is 5.04. The number of furan rings is 1. The molecule has 0 aliphatic heterocycles. The van der Waals surface area contributed by atoms with Crippen molar-refractivity contribution in [3.05, 3.63) is 23.7 Å². The zero-order valence-corrected chi connectivity index (χ0v) is 10.3. The van der Waals surface area contributed by atoms with E-state index in [9.17, 15) is 4.79 Å². The Morgan fingerprint density at radius 1 is 1.06 bits per heavy atom. The number of carbonyl (C=O) groups is 1. The lowest BCUT2D eigenvalue weighted by molar-refractivity contribution is -0.0101. The first-order valence-electron chi connectivity index (χ1n) is 7.03. The van der Waals surface area contributed by atoms with Gasteiger partial charge >= 0.3 is 5.97 Å². The maximum atomic E-state index is 10.9. The van der Waals surface area contributed by atoms with Crippen molar-refractivity contribution in [3.63, 3.8) is 0 Å². The summed E-state index contributed by atoms with van der Waals surface area (Å²) in [6.45, 7) is 0. The molecule has 1 aromatic rings. The quantitative estimate of drug-likeness (QED) is 0.868. The monoisotopic (exact) mass is 246 g/mol. The topological polar surface area (TPSA) is 50.4 Å². The summed E-state index contributed by atoms with van der Waals surface area (Å²) in [5.41, 5.74) is 0. The molecular weight excluding hydrogens is 228 g/mol. The largest absolute Gasteiger partial charge is 0.475 e. The average molecular weight is 246 g/mol. The first-order valence-corrected chi connectivity index (χ1v) is 7.03. The van der Waals surface area contributed by atoms with Gasteiger partial charge in [0.1, 0.15) is 5.76 Å². The van der Waals surface area contributed by atoms with Gasteiger partial charge in [0, 0.05) is 5.92 Å². The number of carboxylic acid groups (broad SMARTS) is 1. The highest BCUT2D eigenvalue weighted by Gasteiger charge is 2.49. The Morgan fingerprint density at radius 3 is 2.17 bits per heavy atom. The van der Waals surface area contributed by atoms with Gasteiger partial charge in [0.05, 0.1) is 0 Å². The lowest BCUT2D eigenvalue weighted by atomic mass is 9.51. The van der Waals surface area contributed by atoms with Crippen LogP contribution in [0.3, 0.4) is 0 Å². The van der Waals surface area contributed by atoms with Crippen LogP contribution in [0, 0.1) is 23.7 Å². The van der Waals surface area contributed by atoms with E-state index >= 15 is 0 Å². The van der Waals surface area contributed by atoms with Crippen molar-refractivity contribution in [3.8, 4) is 0 Å². The minimum atomic E-state index is -0.954. The molecule has 4 saturated carbocycles. The van der Waals surface area contributed by atoms with Crippen molar-refractivity contribution in [2.45, 2.75) is 38.0 Å². The van der Waals surface area contributed by atoms with E-state index in [0.29, 0.717) is 5.92 Å². The number of hydrogen-bond acceptors (Lipinski definition) is 2. The van der Waals surface area contributed by atoms with Crippen molar-refractivity contribution >= 4 is 5.97 Å². The van der Waals surface area contributed by atoms with Crippen LogP contribution in [-0.4, -0.2) is 11.1 Å². The molecule has 1 heterocycles. The highest BCUT2D eigenvalue weighted by atomic mass is 16.4. The standard InChI is InChI=1S/C15H18O3/c16-15(17)13-2-1-12(18-13)14-10-4-8-3-9(6-10)7-11(14)5-8/h1-2,8-11,14H,3-7H2,(H,16,17). The summed E-state index contributed by atoms with van der Waals surface area (Å²) in [5, 5.41) is 8.95. The van der Waals surface area contributed by atoms with Crippen LogP contribution >= 0.6 is 0 Å². The Balaban J connectivity index is 1.66. The molecule has 3 nitrogen and oxygen atoms in total. The van der Waals surface area contributed by atoms with Gasteiger partial charge in [0.15, 0.2) is 0 Å². The Morgan fingerprint density at radius 2 is 1.67 bits per heavy atom. The van der Waals surface area contributed by atoms with Crippen LogP contribution < -0.4 is 0 Å². The molecule has 0 unspecified atom stereocenters. The van der Waals surface area contributed by atoms with Crippen molar-refractivity contribution in [2.24, 2.45) is 23.7 Å². The van der Waals surface area contributed by atoms with E-state index in [1.54, 1.807) is 6.07 Å². The lowest BCUT2D eigenvalue weighted by Crippen LogP contribution is -2.43. The highest BCUT2D eigenvalue weighted by molar-refractivity contribution is 5.84. The molecule has 5 rings (SSSR count). The van der Waals surface area contributed by atoms with Gasteiger partial charge in [-0.3, -0.25) is 0 Å². The van der Waals surface area contributed by atoms with E-state index < -0.39 is 5.97 Å². The molecule has 0 spiro atoms. The second kappa shape index (κ2) is 3.62. The van der Waals surface area contributed by atoms with E-state index in [1.165, 1.54) is 32.1 Å². The molecule has 0 amide bonds. The molecule has 4 fully saturated rings. The van der Waals surface area contributed by atoms with Crippen LogP contribution in [0.25, 0.3) is 0 Å². The summed E-state index contributed by atoms with van der Waals surface area (Å²) in [6.07, 6.45) is 6.78. The molecule has 4 bridgehead atoms. The number of aromatic carboxylic acids is 1. The molecule has 96 valence electrons. The molecule has 3 heteroatoms. The van der Waals surface area contributed by atoms with Gasteiger partial charge in [-0.15, -0.1) is 0 Å². The normalized spacial score (nSPS) is 41.2. The van der Waals surface area contributed by atoms with Gasteiger partial charge in [-0.25, -0.2) is 4.79 Å². The second-order valence-electron chi connectivity index (χ2n) is 6.46. The smallest absolute Gasteiger partial charge is 0.371 e. The predicted molar refractivity (Wildman–Crippen MR) is 65.5 cm³/mol. The summed E-state index contributed by atoms with van der Waals surface area (Å²) in [6, 6.07) is 3.51. The zero-order valence-electron chi connectivity index (χ0n) is 10.3. The van der Waals surface area contributed by atoms with Gasteiger partial charge in [0.2, 0.25) is 5.76 Å². The molecule has 0 saturated heterocycles. The van der Waals surface area contributed by atoms with Crippen molar-refractivity contribution in [2.75, 3.05) is 0 Å². The van der Waals surface area contributed by atoms with Gasteiger partial charge in [-0.1, -0.05) is 0 Å². The molecule has 4 aliphatic rings. The minimum absolute atomic E-state index is 0.0961. The van der Waals surface area contributed by atoms with E-state index in [1.807, 2.05) is 6.07 Å². The molecule has 1 N–H and O–H groups in total. The molecule has 0 aromatic carbocycles. The van der Waals surface area contributed by atoms with Crippen molar-refractivity contribution in [1.82, 2.24) is 0 Å². The molecule has 4 aliphatic carbocycles. The lowest BCUT2D eigenvalue weighted by Gasteiger charge is -2.53. The molecule has 18 heavy (non-hydrogen) atoms. The van der Waals surface area contributed by atoms with Crippen molar-refractivity contribution in [1.29, 1.82) is 0 Å². The van der Waals surface area contributed by atoms with Crippen LogP contribution in [0.4, 0.5) is 0 Å².